The lowest BCUT2D eigenvalue weighted by Crippen LogP contribution is -2.50. The van der Waals surface area contributed by atoms with Crippen LogP contribution in [0.5, 0.6) is 0 Å². The van der Waals surface area contributed by atoms with Gasteiger partial charge in [-0.25, -0.2) is 0 Å². The Labute approximate surface area is 131 Å². The largest absolute Gasteiger partial charge is 0.299 e. The molecule has 1 saturated heterocycles. The first-order valence-corrected chi connectivity index (χ1v) is 8.29. The van der Waals surface area contributed by atoms with Gasteiger partial charge in [-0.3, -0.25) is 9.80 Å². The molecular formula is C19H32N2. The number of rotatable bonds is 3. The standard InChI is InChI=1S/C19H32N2/c1-15-7-8-17(16(2)13-15)14-20(6)18-9-11-21(12-10-18)19(3,4)5/h7-8,13,18H,9-12,14H2,1-6H3. The van der Waals surface area contributed by atoms with Crippen LogP contribution in [0.25, 0.3) is 0 Å². The lowest BCUT2D eigenvalue weighted by molar-refractivity contribution is 0.0632. The molecule has 0 bridgehead atoms. The zero-order valence-corrected chi connectivity index (χ0v) is 14.7. The number of aryl methyl sites for hydroxylation is 2. The SMILES string of the molecule is Cc1ccc(CN(C)C2CCN(C(C)(C)C)CC2)c(C)c1. The van der Waals surface area contributed by atoms with Crippen molar-refractivity contribution in [1.82, 2.24) is 9.80 Å². The predicted octanol–water partition coefficient (Wildman–Crippen LogP) is 4.00. The molecule has 0 spiro atoms. The van der Waals surface area contributed by atoms with Gasteiger partial charge in [0, 0.05) is 31.2 Å². The normalized spacial score (nSPS) is 18.4. The summed E-state index contributed by atoms with van der Waals surface area (Å²) >= 11 is 0. The van der Waals surface area contributed by atoms with E-state index >= 15 is 0 Å². The maximum absolute atomic E-state index is 2.62. The molecule has 0 saturated carbocycles. The van der Waals surface area contributed by atoms with Gasteiger partial charge in [0.25, 0.3) is 0 Å². The summed E-state index contributed by atoms with van der Waals surface area (Å²) in [4.78, 5) is 5.17. The first-order valence-electron chi connectivity index (χ1n) is 8.29. The van der Waals surface area contributed by atoms with Gasteiger partial charge in [0.2, 0.25) is 0 Å². The van der Waals surface area contributed by atoms with Crippen molar-refractivity contribution in [2.75, 3.05) is 20.1 Å². The summed E-state index contributed by atoms with van der Waals surface area (Å²) in [5, 5.41) is 0. The molecule has 0 unspecified atom stereocenters. The van der Waals surface area contributed by atoms with E-state index in [2.05, 4.69) is 69.7 Å². The van der Waals surface area contributed by atoms with Gasteiger partial charge in [-0.15, -0.1) is 0 Å². The van der Waals surface area contributed by atoms with Crippen molar-refractivity contribution >= 4 is 0 Å². The second-order valence-corrected chi connectivity index (χ2v) is 7.73. The Kier molecular flexibility index (Phi) is 5.11. The Morgan fingerprint density at radius 2 is 1.76 bits per heavy atom. The van der Waals surface area contributed by atoms with E-state index in [1.54, 1.807) is 0 Å². The Balaban J connectivity index is 1.92. The van der Waals surface area contributed by atoms with Crippen LogP contribution in [0.4, 0.5) is 0 Å². The Morgan fingerprint density at radius 3 is 2.29 bits per heavy atom. The third-order valence-corrected chi connectivity index (χ3v) is 4.95. The van der Waals surface area contributed by atoms with Crippen molar-refractivity contribution in [3.05, 3.63) is 34.9 Å². The van der Waals surface area contributed by atoms with Gasteiger partial charge in [0.1, 0.15) is 0 Å². The highest BCUT2D eigenvalue weighted by Crippen LogP contribution is 2.24. The number of hydrogen-bond acceptors (Lipinski definition) is 2. The smallest absolute Gasteiger partial charge is 0.0236 e. The summed E-state index contributed by atoms with van der Waals surface area (Å²) in [6.45, 7) is 14.9. The van der Waals surface area contributed by atoms with Crippen LogP contribution in [-0.4, -0.2) is 41.5 Å². The molecule has 0 N–H and O–H groups in total. The topological polar surface area (TPSA) is 6.48 Å². The molecule has 0 aliphatic carbocycles. The van der Waals surface area contributed by atoms with Crippen LogP contribution in [0, 0.1) is 13.8 Å². The van der Waals surface area contributed by atoms with E-state index in [1.807, 2.05) is 0 Å². The number of likely N-dealkylation sites (tertiary alicyclic amines) is 1. The molecule has 0 atom stereocenters. The zero-order valence-electron chi connectivity index (χ0n) is 14.7. The summed E-state index contributed by atoms with van der Waals surface area (Å²) in [5.74, 6) is 0. The number of hydrogen-bond donors (Lipinski definition) is 0. The minimum absolute atomic E-state index is 0.317. The fourth-order valence-corrected chi connectivity index (χ4v) is 3.40. The van der Waals surface area contributed by atoms with Crippen molar-refractivity contribution in [2.45, 2.75) is 65.6 Å². The highest BCUT2D eigenvalue weighted by Gasteiger charge is 2.28. The average Bonchev–Trinajstić information content (AvgIpc) is 2.41. The van der Waals surface area contributed by atoms with Crippen LogP contribution in [-0.2, 0) is 6.54 Å². The molecule has 1 heterocycles. The summed E-state index contributed by atoms with van der Waals surface area (Å²) in [6.07, 6.45) is 2.58. The Morgan fingerprint density at radius 1 is 1.14 bits per heavy atom. The van der Waals surface area contributed by atoms with Crippen LogP contribution >= 0.6 is 0 Å². The monoisotopic (exact) mass is 288 g/mol. The molecule has 118 valence electrons. The van der Waals surface area contributed by atoms with Crippen LogP contribution < -0.4 is 0 Å². The third-order valence-electron chi connectivity index (χ3n) is 4.95. The van der Waals surface area contributed by atoms with Crippen molar-refractivity contribution in [3.8, 4) is 0 Å². The van der Waals surface area contributed by atoms with E-state index in [0.717, 1.165) is 12.6 Å². The maximum atomic E-state index is 2.62. The summed E-state index contributed by atoms with van der Waals surface area (Å²) in [5.41, 5.74) is 4.57. The van der Waals surface area contributed by atoms with Crippen LogP contribution in [0.2, 0.25) is 0 Å². The van der Waals surface area contributed by atoms with Crippen molar-refractivity contribution in [2.24, 2.45) is 0 Å². The molecule has 0 radical (unpaired) electrons. The van der Waals surface area contributed by atoms with E-state index in [-0.39, 0.29) is 0 Å². The molecule has 1 aromatic rings. The lowest BCUT2D eigenvalue weighted by atomic mass is 9.96. The highest BCUT2D eigenvalue weighted by atomic mass is 15.2. The minimum atomic E-state index is 0.317. The highest BCUT2D eigenvalue weighted by molar-refractivity contribution is 5.30. The van der Waals surface area contributed by atoms with E-state index in [4.69, 9.17) is 0 Å². The first kappa shape index (κ1) is 16.5. The van der Waals surface area contributed by atoms with Gasteiger partial charge in [0.15, 0.2) is 0 Å². The summed E-state index contributed by atoms with van der Waals surface area (Å²) in [6, 6.07) is 7.55. The molecule has 0 amide bonds. The van der Waals surface area contributed by atoms with Gasteiger partial charge in [0.05, 0.1) is 0 Å². The second-order valence-electron chi connectivity index (χ2n) is 7.73. The Bertz CT molecular complexity index is 465. The fraction of sp³-hybridized carbons (Fsp3) is 0.684. The van der Waals surface area contributed by atoms with E-state index in [0.29, 0.717) is 5.54 Å². The van der Waals surface area contributed by atoms with Crippen molar-refractivity contribution in [1.29, 1.82) is 0 Å². The van der Waals surface area contributed by atoms with Crippen LogP contribution in [0.1, 0.15) is 50.3 Å². The first-order chi connectivity index (χ1) is 9.77. The van der Waals surface area contributed by atoms with E-state index in [9.17, 15) is 0 Å². The minimum Gasteiger partial charge on any atom is -0.299 e. The molecule has 2 heteroatoms. The summed E-state index contributed by atoms with van der Waals surface area (Å²) in [7, 11) is 2.29. The molecule has 0 aromatic heterocycles. The number of benzene rings is 1. The van der Waals surface area contributed by atoms with Crippen LogP contribution in [0.15, 0.2) is 18.2 Å². The molecule has 2 nitrogen and oxygen atoms in total. The second kappa shape index (κ2) is 6.50. The van der Waals surface area contributed by atoms with Crippen LogP contribution in [0.3, 0.4) is 0 Å². The lowest BCUT2D eigenvalue weighted by Gasteiger charge is -2.43. The molecule has 1 fully saturated rings. The van der Waals surface area contributed by atoms with Crippen molar-refractivity contribution < 1.29 is 0 Å². The van der Waals surface area contributed by atoms with E-state index in [1.165, 1.54) is 42.6 Å². The van der Waals surface area contributed by atoms with Gasteiger partial charge in [-0.2, -0.15) is 0 Å². The maximum Gasteiger partial charge on any atom is 0.0236 e. The molecule has 2 rings (SSSR count). The van der Waals surface area contributed by atoms with Gasteiger partial charge in [-0.1, -0.05) is 23.8 Å². The van der Waals surface area contributed by atoms with Gasteiger partial charge < -0.3 is 0 Å². The molecule has 21 heavy (non-hydrogen) atoms. The molecule has 1 aliphatic heterocycles. The molecule has 1 aliphatic rings. The third kappa shape index (κ3) is 4.31. The van der Waals surface area contributed by atoms with Gasteiger partial charge >= 0.3 is 0 Å². The van der Waals surface area contributed by atoms with Crippen molar-refractivity contribution in [3.63, 3.8) is 0 Å². The quantitative estimate of drug-likeness (QED) is 0.829. The van der Waals surface area contributed by atoms with Gasteiger partial charge in [-0.05, 0) is 65.6 Å². The molecule has 1 aromatic carbocycles. The number of nitrogens with zero attached hydrogens (tertiary/aromatic N) is 2. The zero-order chi connectivity index (χ0) is 15.6. The predicted molar refractivity (Wildman–Crippen MR) is 91.7 cm³/mol. The summed E-state index contributed by atoms with van der Waals surface area (Å²) < 4.78 is 0. The fourth-order valence-electron chi connectivity index (χ4n) is 3.40. The average molecular weight is 288 g/mol. The Hall–Kier alpha value is -0.860. The number of piperidine rings is 1. The van der Waals surface area contributed by atoms with E-state index < -0.39 is 0 Å². The molecular weight excluding hydrogens is 256 g/mol.